The third-order valence-corrected chi connectivity index (χ3v) is 5.73. The maximum atomic E-state index is 10.4. The molecule has 28 heavy (non-hydrogen) atoms. The van der Waals surface area contributed by atoms with Gasteiger partial charge in [0.05, 0.1) is 7.11 Å². The minimum atomic E-state index is -0.505. The second kappa shape index (κ2) is 10.4. The number of aliphatic hydroxyl groups excluding tert-OH is 1. The first-order valence-electron chi connectivity index (χ1n) is 10.3. The van der Waals surface area contributed by atoms with E-state index in [1.807, 2.05) is 6.07 Å². The molecule has 0 aromatic heterocycles. The van der Waals surface area contributed by atoms with Gasteiger partial charge in [-0.3, -0.25) is 9.80 Å². The first-order chi connectivity index (χ1) is 13.5. The molecule has 2 heterocycles. The molecule has 1 unspecified atom stereocenters. The van der Waals surface area contributed by atoms with Crippen molar-refractivity contribution < 1.29 is 14.6 Å². The summed E-state index contributed by atoms with van der Waals surface area (Å²) in [7, 11) is 5.96. The van der Waals surface area contributed by atoms with E-state index in [2.05, 4.69) is 45.8 Å². The van der Waals surface area contributed by atoms with E-state index in [1.165, 1.54) is 5.56 Å². The van der Waals surface area contributed by atoms with E-state index >= 15 is 0 Å². The smallest absolute Gasteiger partial charge is 0.161 e. The summed E-state index contributed by atoms with van der Waals surface area (Å²) in [4.78, 5) is 9.44. The molecule has 1 N–H and O–H groups in total. The number of nitrogens with zero attached hydrogens (tertiary/aromatic N) is 4. The second-order valence-corrected chi connectivity index (χ2v) is 8.13. The van der Waals surface area contributed by atoms with E-state index < -0.39 is 6.10 Å². The third kappa shape index (κ3) is 6.32. The van der Waals surface area contributed by atoms with Crippen LogP contribution in [0.5, 0.6) is 11.5 Å². The molecule has 2 saturated heterocycles. The van der Waals surface area contributed by atoms with Crippen LogP contribution in [0, 0.1) is 0 Å². The topological polar surface area (TPSA) is 51.7 Å². The zero-order chi connectivity index (χ0) is 19.9. The van der Waals surface area contributed by atoms with Crippen LogP contribution in [0.4, 0.5) is 0 Å². The second-order valence-electron chi connectivity index (χ2n) is 8.13. The SMILES string of the molecule is COc1ccc(CN2CCN(C)CC2)cc1OCC(O)CN1CCN(C)CC1. The summed E-state index contributed by atoms with van der Waals surface area (Å²) in [5.74, 6) is 1.43. The van der Waals surface area contributed by atoms with Gasteiger partial charge in [-0.1, -0.05) is 6.07 Å². The Morgan fingerprint density at radius 2 is 1.50 bits per heavy atom. The molecule has 0 amide bonds. The van der Waals surface area contributed by atoms with Gasteiger partial charge in [0.25, 0.3) is 0 Å². The Morgan fingerprint density at radius 3 is 2.11 bits per heavy atom. The molecule has 0 spiro atoms. The van der Waals surface area contributed by atoms with Crippen molar-refractivity contribution >= 4 is 0 Å². The Balaban J connectivity index is 1.51. The summed E-state index contributed by atoms with van der Waals surface area (Å²) in [6, 6.07) is 6.12. The molecule has 0 aliphatic carbocycles. The van der Waals surface area contributed by atoms with Crippen molar-refractivity contribution in [3.63, 3.8) is 0 Å². The largest absolute Gasteiger partial charge is 0.493 e. The van der Waals surface area contributed by atoms with E-state index in [-0.39, 0.29) is 6.61 Å². The van der Waals surface area contributed by atoms with Gasteiger partial charge in [0.2, 0.25) is 0 Å². The molecule has 2 fully saturated rings. The molecule has 3 rings (SSSR count). The number of rotatable bonds is 8. The first-order valence-corrected chi connectivity index (χ1v) is 10.3. The number of piperazine rings is 2. The molecule has 7 nitrogen and oxygen atoms in total. The molecule has 0 radical (unpaired) electrons. The molecule has 158 valence electrons. The monoisotopic (exact) mass is 392 g/mol. The molecule has 1 aromatic carbocycles. The summed E-state index contributed by atoms with van der Waals surface area (Å²) in [6.45, 7) is 10.3. The zero-order valence-corrected chi connectivity index (χ0v) is 17.6. The molecular formula is C21H36N4O3. The molecule has 2 aliphatic rings. The van der Waals surface area contributed by atoms with Gasteiger partial charge in [-0.2, -0.15) is 0 Å². The number of hydrogen-bond donors (Lipinski definition) is 1. The van der Waals surface area contributed by atoms with Gasteiger partial charge in [0, 0.05) is 65.4 Å². The normalized spacial score (nSPS) is 21.6. The molecular weight excluding hydrogens is 356 g/mol. The van der Waals surface area contributed by atoms with E-state index in [1.54, 1.807) is 7.11 Å². The van der Waals surface area contributed by atoms with Crippen LogP contribution in [0.25, 0.3) is 0 Å². The van der Waals surface area contributed by atoms with Crippen LogP contribution in [-0.4, -0.2) is 118 Å². The zero-order valence-electron chi connectivity index (χ0n) is 17.6. The third-order valence-electron chi connectivity index (χ3n) is 5.73. The average molecular weight is 393 g/mol. The van der Waals surface area contributed by atoms with Crippen molar-refractivity contribution in [2.75, 3.05) is 86.7 Å². The fraction of sp³-hybridized carbons (Fsp3) is 0.714. The molecule has 0 bridgehead atoms. The predicted octanol–water partition coefficient (Wildman–Crippen LogP) is 0.430. The number of benzene rings is 1. The first kappa shape index (κ1) is 21.3. The van der Waals surface area contributed by atoms with Crippen LogP contribution in [0.2, 0.25) is 0 Å². The van der Waals surface area contributed by atoms with E-state index in [9.17, 15) is 5.11 Å². The Hall–Kier alpha value is -1.38. The highest BCUT2D eigenvalue weighted by Gasteiger charge is 2.19. The summed E-state index contributed by atoms with van der Waals surface area (Å²) < 4.78 is 11.4. The van der Waals surface area contributed by atoms with Gasteiger partial charge in [-0.05, 0) is 31.8 Å². The molecule has 1 aromatic rings. The Labute approximate surface area is 169 Å². The summed E-state index contributed by atoms with van der Waals surface area (Å²) in [5.41, 5.74) is 1.22. The number of methoxy groups -OCH3 is 1. The van der Waals surface area contributed by atoms with Crippen LogP contribution < -0.4 is 9.47 Å². The lowest BCUT2D eigenvalue weighted by atomic mass is 10.1. The van der Waals surface area contributed by atoms with Gasteiger partial charge in [-0.25, -0.2) is 0 Å². The van der Waals surface area contributed by atoms with E-state index in [0.717, 1.165) is 58.9 Å². The summed E-state index contributed by atoms with van der Waals surface area (Å²) >= 11 is 0. The quantitative estimate of drug-likeness (QED) is 0.689. The van der Waals surface area contributed by atoms with Crippen molar-refractivity contribution in [2.24, 2.45) is 0 Å². The molecule has 7 heteroatoms. The van der Waals surface area contributed by atoms with Crippen molar-refractivity contribution in [3.8, 4) is 11.5 Å². The van der Waals surface area contributed by atoms with Gasteiger partial charge in [-0.15, -0.1) is 0 Å². The minimum Gasteiger partial charge on any atom is -0.493 e. The number of likely N-dealkylation sites (N-methyl/N-ethyl adjacent to an activating group) is 2. The van der Waals surface area contributed by atoms with Crippen molar-refractivity contribution in [1.82, 2.24) is 19.6 Å². The maximum Gasteiger partial charge on any atom is 0.161 e. The van der Waals surface area contributed by atoms with Crippen molar-refractivity contribution in [3.05, 3.63) is 23.8 Å². The predicted molar refractivity (Wildman–Crippen MR) is 111 cm³/mol. The summed E-state index contributed by atoms with van der Waals surface area (Å²) in [5, 5.41) is 10.4. The number of ether oxygens (including phenoxy) is 2. The Morgan fingerprint density at radius 1 is 0.893 bits per heavy atom. The van der Waals surface area contributed by atoms with Crippen molar-refractivity contribution in [1.29, 1.82) is 0 Å². The van der Waals surface area contributed by atoms with E-state index in [4.69, 9.17) is 9.47 Å². The standard InChI is InChI=1S/C21H36N4O3/c1-22-6-10-24(11-7-22)15-18-4-5-20(27-3)21(14-18)28-17-19(26)16-25-12-8-23(2)9-13-25/h4-5,14,19,26H,6-13,15-17H2,1-3H3. The highest BCUT2D eigenvalue weighted by molar-refractivity contribution is 5.43. The Kier molecular flexibility index (Phi) is 7.93. The number of aliphatic hydroxyl groups is 1. The lowest BCUT2D eigenvalue weighted by molar-refractivity contribution is 0.0497. The maximum absolute atomic E-state index is 10.4. The lowest BCUT2D eigenvalue weighted by Crippen LogP contribution is -2.47. The lowest BCUT2D eigenvalue weighted by Gasteiger charge is -2.33. The van der Waals surface area contributed by atoms with Crippen LogP contribution in [-0.2, 0) is 6.54 Å². The molecule has 0 saturated carbocycles. The highest BCUT2D eigenvalue weighted by atomic mass is 16.5. The molecule has 1 atom stereocenters. The van der Waals surface area contributed by atoms with Gasteiger partial charge in [0.15, 0.2) is 11.5 Å². The number of hydrogen-bond acceptors (Lipinski definition) is 7. The van der Waals surface area contributed by atoms with Gasteiger partial charge < -0.3 is 24.4 Å². The van der Waals surface area contributed by atoms with Gasteiger partial charge in [0.1, 0.15) is 12.7 Å². The fourth-order valence-corrected chi connectivity index (χ4v) is 3.76. The van der Waals surface area contributed by atoms with Crippen LogP contribution >= 0.6 is 0 Å². The number of β-amino-alcohol motifs (C(OH)–C–C–N with tert-alkyl or cyclic N) is 1. The highest BCUT2D eigenvalue weighted by Crippen LogP contribution is 2.29. The van der Waals surface area contributed by atoms with E-state index in [0.29, 0.717) is 18.0 Å². The molecule has 2 aliphatic heterocycles. The average Bonchev–Trinajstić information content (AvgIpc) is 2.70. The summed E-state index contributed by atoms with van der Waals surface area (Å²) in [6.07, 6.45) is -0.505. The fourth-order valence-electron chi connectivity index (χ4n) is 3.76. The van der Waals surface area contributed by atoms with Crippen molar-refractivity contribution in [2.45, 2.75) is 12.6 Å². The van der Waals surface area contributed by atoms with Crippen LogP contribution in [0.3, 0.4) is 0 Å². The van der Waals surface area contributed by atoms with Gasteiger partial charge >= 0.3 is 0 Å². The minimum absolute atomic E-state index is 0.278. The van der Waals surface area contributed by atoms with Crippen LogP contribution in [0.15, 0.2) is 18.2 Å². The van der Waals surface area contributed by atoms with Crippen LogP contribution in [0.1, 0.15) is 5.56 Å². The Bertz CT molecular complexity index is 599.